The molecule has 0 saturated heterocycles. The van der Waals surface area contributed by atoms with E-state index in [2.05, 4.69) is 4.98 Å². The van der Waals surface area contributed by atoms with Gasteiger partial charge in [0.25, 0.3) is 5.56 Å². The van der Waals surface area contributed by atoms with E-state index >= 15 is 0 Å². The summed E-state index contributed by atoms with van der Waals surface area (Å²) in [4.78, 5) is 26.5. The first-order chi connectivity index (χ1) is 7.75. The lowest BCUT2D eigenvalue weighted by Gasteiger charge is -2.04. The lowest BCUT2D eigenvalue weighted by molar-refractivity contribution is 0.581. The third kappa shape index (κ3) is 1.46. The molecule has 2 aromatic rings. The molecule has 1 aliphatic carbocycles. The molecular weight excluding hydrogens is 204 g/mol. The Kier molecular flexibility index (Phi) is 1.96. The zero-order valence-corrected chi connectivity index (χ0v) is 8.77. The van der Waals surface area contributed by atoms with Crippen LogP contribution in [0, 0.1) is 5.92 Å². The molecule has 1 aromatic heterocycles. The van der Waals surface area contributed by atoms with Gasteiger partial charge in [-0.05, 0) is 30.9 Å². The van der Waals surface area contributed by atoms with Gasteiger partial charge in [-0.1, -0.05) is 12.1 Å². The number of aromatic amines is 1. The summed E-state index contributed by atoms with van der Waals surface area (Å²) in [5, 5.41) is 0.586. The topological polar surface area (TPSA) is 54.9 Å². The van der Waals surface area contributed by atoms with Crippen molar-refractivity contribution in [1.29, 1.82) is 0 Å². The molecule has 0 radical (unpaired) electrons. The SMILES string of the molecule is O=c1[nH]c2ccccc2c(=O)n1CC1CC1. The van der Waals surface area contributed by atoms with E-state index in [9.17, 15) is 9.59 Å². The van der Waals surface area contributed by atoms with Crippen LogP contribution in [0.5, 0.6) is 0 Å². The van der Waals surface area contributed by atoms with Gasteiger partial charge < -0.3 is 4.98 Å². The molecule has 1 aromatic carbocycles. The van der Waals surface area contributed by atoms with Gasteiger partial charge in [0.1, 0.15) is 0 Å². The molecule has 0 atom stereocenters. The zero-order valence-electron chi connectivity index (χ0n) is 8.77. The number of aromatic nitrogens is 2. The van der Waals surface area contributed by atoms with Crippen molar-refractivity contribution < 1.29 is 0 Å². The van der Waals surface area contributed by atoms with Crippen LogP contribution >= 0.6 is 0 Å². The molecule has 4 nitrogen and oxygen atoms in total. The second kappa shape index (κ2) is 3.33. The van der Waals surface area contributed by atoms with Crippen molar-refractivity contribution in [2.45, 2.75) is 19.4 Å². The second-order valence-electron chi connectivity index (χ2n) is 4.33. The first kappa shape index (κ1) is 9.39. The minimum Gasteiger partial charge on any atom is -0.307 e. The van der Waals surface area contributed by atoms with Gasteiger partial charge >= 0.3 is 5.69 Å². The van der Waals surface area contributed by atoms with E-state index in [0.29, 0.717) is 23.4 Å². The number of benzene rings is 1. The summed E-state index contributed by atoms with van der Waals surface area (Å²) >= 11 is 0. The Morgan fingerprint density at radius 1 is 1.25 bits per heavy atom. The average Bonchev–Trinajstić information content (AvgIpc) is 3.08. The molecule has 82 valence electrons. The highest BCUT2D eigenvalue weighted by Gasteiger charge is 2.23. The molecule has 1 saturated carbocycles. The fraction of sp³-hybridized carbons (Fsp3) is 0.333. The monoisotopic (exact) mass is 216 g/mol. The van der Waals surface area contributed by atoms with Crippen molar-refractivity contribution in [3.63, 3.8) is 0 Å². The van der Waals surface area contributed by atoms with Crippen molar-refractivity contribution in [2.24, 2.45) is 5.92 Å². The van der Waals surface area contributed by atoms with Crippen molar-refractivity contribution >= 4 is 10.9 Å². The van der Waals surface area contributed by atoms with Crippen LogP contribution in [-0.4, -0.2) is 9.55 Å². The standard InChI is InChI=1S/C12H12N2O2/c15-11-9-3-1-2-4-10(9)13-12(16)14(11)7-8-5-6-8/h1-4,8H,5-7H2,(H,13,16). The first-order valence-electron chi connectivity index (χ1n) is 5.47. The Labute approximate surface area is 91.5 Å². The van der Waals surface area contributed by atoms with E-state index in [1.807, 2.05) is 12.1 Å². The Morgan fingerprint density at radius 2 is 2.00 bits per heavy atom. The van der Waals surface area contributed by atoms with Crippen molar-refractivity contribution in [3.8, 4) is 0 Å². The fourth-order valence-electron chi connectivity index (χ4n) is 1.92. The predicted octanol–water partition coefficient (Wildman–Crippen LogP) is 1.10. The summed E-state index contributed by atoms with van der Waals surface area (Å²) in [5.74, 6) is 0.514. The maximum Gasteiger partial charge on any atom is 0.328 e. The van der Waals surface area contributed by atoms with Crippen LogP contribution in [0.25, 0.3) is 10.9 Å². The number of hydrogen-bond acceptors (Lipinski definition) is 2. The highest BCUT2D eigenvalue weighted by Crippen LogP contribution is 2.29. The van der Waals surface area contributed by atoms with E-state index in [-0.39, 0.29) is 11.2 Å². The van der Waals surface area contributed by atoms with E-state index in [1.165, 1.54) is 4.57 Å². The molecule has 0 unspecified atom stereocenters. The number of fused-ring (bicyclic) bond motifs is 1. The molecule has 0 bridgehead atoms. The third-order valence-electron chi connectivity index (χ3n) is 3.03. The van der Waals surface area contributed by atoms with Crippen LogP contribution in [-0.2, 0) is 6.54 Å². The number of H-pyrrole nitrogens is 1. The summed E-state index contributed by atoms with van der Waals surface area (Å²) in [5.41, 5.74) is 0.145. The van der Waals surface area contributed by atoms with Crippen LogP contribution in [0.2, 0.25) is 0 Å². The first-order valence-corrected chi connectivity index (χ1v) is 5.47. The van der Waals surface area contributed by atoms with Gasteiger partial charge in [0.2, 0.25) is 0 Å². The lowest BCUT2D eigenvalue weighted by atomic mass is 10.2. The quantitative estimate of drug-likeness (QED) is 0.817. The molecule has 3 rings (SSSR count). The number of hydrogen-bond donors (Lipinski definition) is 1. The normalized spacial score (nSPS) is 15.5. The fourth-order valence-corrected chi connectivity index (χ4v) is 1.92. The van der Waals surface area contributed by atoms with Crippen LogP contribution in [0.15, 0.2) is 33.9 Å². The Morgan fingerprint density at radius 3 is 2.75 bits per heavy atom. The van der Waals surface area contributed by atoms with Gasteiger partial charge in [-0.15, -0.1) is 0 Å². The summed E-state index contributed by atoms with van der Waals surface area (Å²) in [6, 6.07) is 7.11. The molecule has 4 heteroatoms. The summed E-state index contributed by atoms with van der Waals surface area (Å²) in [6.45, 7) is 0.555. The average molecular weight is 216 g/mol. The van der Waals surface area contributed by atoms with E-state index in [4.69, 9.17) is 0 Å². The van der Waals surface area contributed by atoms with Crippen molar-refractivity contribution in [1.82, 2.24) is 9.55 Å². The molecule has 1 fully saturated rings. The minimum absolute atomic E-state index is 0.175. The van der Waals surface area contributed by atoms with Crippen LogP contribution in [0.3, 0.4) is 0 Å². The Bertz CT molecular complexity index is 650. The minimum atomic E-state index is -0.296. The van der Waals surface area contributed by atoms with Gasteiger partial charge in [-0.25, -0.2) is 4.79 Å². The van der Waals surface area contributed by atoms with Gasteiger partial charge in [0.15, 0.2) is 0 Å². The largest absolute Gasteiger partial charge is 0.328 e. The van der Waals surface area contributed by atoms with E-state index < -0.39 is 0 Å². The molecule has 1 aliphatic rings. The third-order valence-corrected chi connectivity index (χ3v) is 3.03. The van der Waals surface area contributed by atoms with Crippen LogP contribution < -0.4 is 11.2 Å². The summed E-state index contributed by atoms with van der Waals surface area (Å²) < 4.78 is 1.32. The van der Waals surface area contributed by atoms with E-state index in [1.54, 1.807) is 12.1 Å². The van der Waals surface area contributed by atoms with Crippen molar-refractivity contribution in [3.05, 3.63) is 45.1 Å². The molecule has 0 spiro atoms. The van der Waals surface area contributed by atoms with E-state index in [0.717, 1.165) is 12.8 Å². The van der Waals surface area contributed by atoms with Crippen LogP contribution in [0.1, 0.15) is 12.8 Å². The van der Waals surface area contributed by atoms with Gasteiger partial charge in [-0.3, -0.25) is 9.36 Å². The molecule has 1 N–H and O–H groups in total. The van der Waals surface area contributed by atoms with Crippen LogP contribution in [0.4, 0.5) is 0 Å². The Balaban J connectivity index is 2.27. The summed E-state index contributed by atoms with van der Waals surface area (Å²) in [7, 11) is 0. The number of nitrogens with zero attached hydrogens (tertiary/aromatic N) is 1. The van der Waals surface area contributed by atoms with Gasteiger partial charge in [-0.2, -0.15) is 0 Å². The highest BCUT2D eigenvalue weighted by atomic mass is 16.2. The molecule has 0 amide bonds. The lowest BCUT2D eigenvalue weighted by Crippen LogP contribution is -2.35. The Hall–Kier alpha value is -1.84. The maximum atomic E-state index is 12.1. The smallest absolute Gasteiger partial charge is 0.307 e. The van der Waals surface area contributed by atoms with Crippen molar-refractivity contribution in [2.75, 3.05) is 0 Å². The number of para-hydroxylation sites is 1. The number of rotatable bonds is 2. The van der Waals surface area contributed by atoms with Gasteiger partial charge in [0, 0.05) is 6.54 Å². The van der Waals surface area contributed by atoms with Gasteiger partial charge in [0.05, 0.1) is 10.9 Å². The number of nitrogens with one attached hydrogen (secondary N) is 1. The second-order valence-corrected chi connectivity index (χ2v) is 4.33. The molecule has 1 heterocycles. The molecular formula is C12H12N2O2. The highest BCUT2D eigenvalue weighted by molar-refractivity contribution is 5.76. The molecule has 0 aliphatic heterocycles. The molecule has 16 heavy (non-hydrogen) atoms. The predicted molar refractivity (Wildman–Crippen MR) is 61.6 cm³/mol. The summed E-state index contributed by atoms with van der Waals surface area (Å²) in [6.07, 6.45) is 2.25. The zero-order chi connectivity index (χ0) is 11.1. The maximum absolute atomic E-state index is 12.1.